The summed E-state index contributed by atoms with van der Waals surface area (Å²) in [6, 6.07) is 1.08. The minimum absolute atomic E-state index is 0.0622. The highest BCUT2D eigenvalue weighted by Gasteiger charge is 2.22. The Morgan fingerprint density at radius 1 is 1.44 bits per heavy atom. The van der Waals surface area contributed by atoms with Crippen molar-refractivity contribution in [2.45, 2.75) is 11.8 Å². The van der Waals surface area contributed by atoms with Crippen LogP contribution in [0.25, 0.3) is 0 Å². The van der Waals surface area contributed by atoms with Crippen molar-refractivity contribution in [2.24, 2.45) is 0 Å². The number of aromatic carboxylic acids is 1. The van der Waals surface area contributed by atoms with Crippen molar-refractivity contribution in [3.63, 3.8) is 0 Å². The van der Waals surface area contributed by atoms with E-state index in [0.717, 1.165) is 17.4 Å². The number of sulfonamides is 1. The van der Waals surface area contributed by atoms with Crippen LogP contribution in [0.15, 0.2) is 11.0 Å². The Labute approximate surface area is 108 Å². The van der Waals surface area contributed by atoms with Crippen LogP contribution in [0.4, 0.5) is 0 Å². The van der Waals surface area contributed by atoms with E-state index in [4.69, 9.17) is 5.11 Å². The van der Waals surface area contributed by atoms with Gasteiger partial charge in [0.05, 0.1) is 11.4 Å². The van der Waals surface area contributed by atoms with Crippen molar-refractivity contribution >= 4 is 33.2 Å². The van der Waals surface area contributed by atoms with Gasteiger partial charge in [0.15, 0.2) is 0 Å². The summed E-state index contributed by atoms with van der Waals surface area (Å²) in [5.74, 6) is -1.67. The maximum absolute atomic E-state index is 11.8. The van der Waals surface area contributed by atoms with Crippen LogP contribution in [-0.2, 0) is 14.8 Å². The molecule has 9 heteroatoms. The third kappa shape index (κ3) is 3.28. The first kappa shape index (κ1) is 14.6. The number of carboxylic acid groups (broad SMARTS) is 1. The first-order valence-electron chi connectivity index (χ1n) is 4.82. The van der Waals surface area contributed by atoms with Crippen molar-refractivity contribution in [3.05, 3.63) is 15.8 Å². The maximum Gasteiger partial charge on any atom is 0.345 e. The van der Waals surface area contributed by atoms with Gasteiger partial charge in [0.25, 0.3) is 0 Å². The van der Waals surface area contributed by atoms with Gasteiger partial charge in [0, 0.05) is 11.9 Å². The van der Waals surface area contributed by atoms with Crippen LogP contribution in [0, 0.1) is 6.92 Å². The summed E-state index contributed by atoms with van der Waals surface area (Å²) < 4.78 is 25.8. The van der Waals surface area contributed by atoms with E-state index in [9.17, 15) is 18.0 Å². The van der Waals surface area contributed by atoms with Crippen molar-refractivity contribution < 1.29 is 23.1 Å². The number of carbonyl (C=O) groups is 2. The zero-order chi connectivity index (χ0) is 13.9. The fraction of sp³-hybridized carbons (Fsp3) is 0.333. The Bertz CT molecular complexity index is 576. The molecule has 100 valence electrons. The zero-order valence-corrected chi connectivity index (χ0v) is 11.3. The summed E-state index contributed by atoms with van der Waals surface area (Å²) in [6.07, 6.45) is 0. The quantitative estimate of drug-likeness (QED) is 0.694. The smallest absolute Gasteiger partial charge is 0.345 e. The van der Waals surface area contributed by atoms with Gasteiger partial charge in [0.2, 0.25) is 15.9 Å². The number of hydrogen-bond donors (Lipinski definition) is 3. The van der Waals surface area contributed by atoms with E-state index in [1.165, 1.54) is 14.0 Å². The second-order valence-corrected chi connectivity index (χ2v) is 6.33. The monoisotopic (exact) mass is 292 g/mol. The molecule has 3 N–H and O–H groups in total. The average Bonchev–Trinajstić information content (AvgIpc) is 2.69. The molecule has 0 aliphatic rings. The van der Waals surface area contributed by atoms with Crippen molar-refractivity contribution in [2.75, 3.05) is 13.6 Å². The van der Waals surface area contributed by atoms with Gasteiger partial charge in [-0.2, -0.15) is 0 Å². The summed E-state index contributed by atoms with van der Waals surface area (Å²) in [6.45, 7) is 1.11. The van der Waals surface area contributed by atoms with E-state index >= 15 is 0 Å². The topological polar surface area (TPSA) is 113 Å². The Morgan fingerprint density at radius 3 is 2.50 bits per heavy atom. The lowest BCUT2D eigenvalue weighted by atomic mass is 10.4. The van der Waals surface area contributed by atoms with Crippen molar-refractivity contribution in [3.8, 4) is 0 Å². The number of rotatable bonds is 5. The van der Waals surface area contributed by atoms with Crippen LogP contribution in [0.1, 0.15) is 14.5 Å². The molecule has 0 atom stereocenters. The number of aryl methyl sites for hydroxylation is 1. The van der Waals surface area contributed by atoms with E-state index in [-0.39, 0.29) is 9.77 Å². The van der Waals surface area contributed by atoms with E-state index in [0.29, 0.717) is 4.88 Å². The van der Waals surface area contributed by atoms with Gasteiger partial charge in [-0.05, 0) is 13.0 Å². The van der Waals surface area contributed by atoms with Crippen LogP contribution >= 0.6 is 11.3 Å². The molecule has 18 heavy (non-hydrogen) atoms. The van der Waals surface area contributed by atoms with Crippen LogP contribution in [0.2, 0.25) is 0 Å². The number of amides is 1. The molecule has 0 radical (unpaired) electrons. The summed E-state index contributed by atoms with van der Waals surface area (Å²) >= 11 is 0.870. The number of nitrogens with one attached hydrogen (secondary N) is 2. The molecule has 0 aliphatic carbocycles. The molecule has 0 saturated carbocycles. The number of hydrogen-bond acceptors (Lipinski definition) is 5. The normalized spacial score (nSPS) is 11.2. The van der Waals surface area contributed by atoms with Gasteiger partial charge in [0.1, 0.15) is 4.88 Å². The molecule has 0 fully saturated rings. The molecule has 1 aromatic heterocycles. The fourth-order valence-corrected chi connectivity index (χ4v) is 3.57. The fourth-order valence-electron chi connectivity index (χ4n) is 1.16. The molecule has 1 rings (SSSR count). The molecule has 7 nitrogen and oxygen atoms in total. The molecule has 0 unspecified atom stereocenters. The molecule has 0 aromatic carbocycles. The number of thiophene rings is 1. The van der Waals surface area contributed by atoms with E-state index < -0.39 is 28.4 Å². The summed E-state index contributed by atoms with van der Waals surface area (Å²) in [7, 11) is -2.49. The summed E-state index contributed by atoms with van der Waals surface area (Å²) in [4.78, 5) is 21.9. The molecule has 0 bridgehead atoms. The van der Waals surface area contributed by atoms with Crippen LogP contribution in [0.5, 0.6) is 0 Å². The first-order valence-corrected chi connectivity index (χ1v) is 7.12. The predicted molar refractivity (Wildman–Crippen MR) is 65.3 cm³/mol. The summed E-state index contributed by atoms with van der Waals surface area (Å²) in [5.41, 5.74) is 0. The van der Waals surface area contributed by atoms with Gasteiger partial charge in [-0.1, -0.05) is 0 Å². The largest absolute Gasteiger partial charge is 0.477 e. The van der Waals surface area contributed by atoms with Crippen LogP contribution < -0.4 is 10.0 Å². The second-order valence-electron chi connectivity index (χ2n) is 3.33. The molecule has 1 amide bonds. The standard InChI is InChI=1S/C9H12N2O5S2/c1-5-7(3-6(17-5)9(13)14)18(15,16)11-4-8(12)10-2/h3,11H,4H2,1-2H3,(H,10,12)(H,13,14). The lowest BCUT2D eigenvalue weighted by Gasteiger charge is -2.04. The molecule has 1 aromatic rings. The van der Waals surface area contributed by atoms with Gasteiger partial charge >= 0.3 is 5.97 Å². The van der Waals surface area contributed by atoms with Gasteiger partial charge in [-0.15, -0.1) is 11.3 Å². The highest BCUT2D eigenvalue weighted by molar-refractivity contribution is 7.89. The van der Waals surface area contributed by atoms with Gasteiger partial charge in [-0.3, -0.25) is 4.79 Å². The molecule has 0 spiro atoms. The highest BCUT2D eigenvalue weighted by atomic mass is 32.2. The predicted octanol–water partition coefficient (Wildman–Crippen LogP) is -0.221. The van der Waals surface area contributed by atoms with Crippen molar-refractivity contribution in [1.82, 2.24) is 10.0 Å². The minimum Gasteiger partial charge on any atom is -0.477 e. The Balaban J connectivity index is 2.98. The second kappa shape index (κ2) is 5.46. The van der Waals surface area contributed by atoms with Crippen LogP contribution in [-0.4, -0.2) is 39.0 Å². The molecule has 0 aliphatic heterocycles. The third-order valence-electron chi connectivity index (χ3n) is 2.07. The highest BCUT2D eigenvalue weighted by Crippen LogP contribution is 2.25. The number of carbonyl (C=O) groups excluding carboxylic acids is 1. The lowest BCUT2D eigenvalue weighted by molar-refractivity contribution is -0.119. The summed E-state index contributed by atoms with van der Waals surface area (Å²) in [5, 5.41) is 11.0. The number of carboxylic acids is 1. The van der Waals surface area contributed by atoms with Gasteiger partial charge < -0.3 is 10.4 Å². The Hall–Kier alpha value is -1.45. The first-order chi connectivity index (χ1) is 8.27. The maximum atomic E-state index is 11.8. The Kier molecular flexibility index (Phi) is 4.43. The minimum atomic E-state index is -3.87. The number of likely N-dealkylation sites (N-methyl/N-ethyl adjacent to an activating group) is 1. The third-order valence-corrected chi connectivity index (χ3v) is 4.77. The molecule has 1 heterocycles. The average molecular weight is 292 g/mol. The van der Waals surface area contributed by atoms with E-state index in [1.54, 1.807) is 0 Å². The Morgan fingerprint density at radius 2 is 2.06 bits per heavy atom. The van der Waals surface area contributed by atoms with Crippen LogP contribution in [0.3, 0.4) is 0 Å². The van der Waals surface area contributed by atoms with Crippen molar-refractivity contribution in [1.29, 1.82) is 0 Å². The SMILES string of the molecule is CNC(=O)CNS(=O)(=O)c1cc(C(=O)O)sc1C. The molecular weight excluding hydrogens is 280 g/mol. The van der Waals surface area contributed by atoms with E-state index in [1.807, 2.05) is 0 Å². The van der Waals surface area contributed by atoms with E-state index in [2.05, 4.69) is 10.0 Å². The lowest BCUT2D eigenvalue weighted by Crippen LogP contribution is -2.35. The van der Waals surface area contributed by atoms with Gasteiger partial charge in [-0.25, -0.2) is 17.9 Å². The molecule has 0 saturated heterocycles. The zero-order valence-electron chi connectivity index (χ0n) is 9.68. The molecular formula is C9H12N2O5S2.